The Morgan fingerprint density at radius 1 is 0.867 bits per heavy atom. The molecular formula is C24H24N2O3S. The number of hydrogen-bond acceptors (Lipinski definition) is 4. The minimum absolute atomic E-state index is 0.294. The standard InChI is InChI=1S/C24H24N2O3S/c1-17-2-4-20(5-3-17)25-30(27,28)22-7-9-24-19(16-22)14-18-15-21(6-8-23(18)24)26-10-12-29-13-11-26/h2-9,15-16,25H,10-14H2,1H3. The predicted octanol–water partition coefficient (Wildman–Crippen LogP) is 4.20. The Kier molecular flexibility index (Phi) is 4.76. The van der Waals surface area contributed by atoms with Gasteiger partial charge in [-0.05, 0) is 72.0 Å². The quantitative estimate of drug-likeness (QED) is 0.538. The van der Waals surface area contributed by atoms with Crippen molar-refractivity contribution in [2.24, 2.45) is 0 Å². The van der Waals surface area contributed by atoms with Gasteiger partial charge in [0.2, 0.25) is 0 Å². The highest BCUT2D eigenvalue weighted by molar-refractivity contribution is 7.92. The Labute approximate surface area is 177 Å². The van der Waals surface area contributed by atoms with Crippen LogP contribution in [0.5, 0.6) is 0 Å². The summed E-state index contributed by atoms with van der Waals surface area (Å²) in [7, 11) is -3.63. The Balaban J connectivity index is 1.41. The molecule has 0 radical (unpaired) electrons. The van der Waals surface area contributed by atoms with Crippen molar-refractivity contribution < 1.29 is 13.2 Å². The number of aryl methyl sites for hydroxylation is 1. The van der Waals surface area contributed by atoms with Gasteiger partial charge in [0, 0.05) is 24.5 Å². The fourth-order valence-electron chi connectivity index (χ4n) is 4.19. The van der Waals surface area contributed by atoms with Crippen LogP contribution in [0.2, 0.25) is 0 Å². The van der Waals surface area contributed by atoms with E-state index in [1.165, 1.54) is 16.8 Å². The van der Waals surface area contributed by atoms with E-state index in [0.29, 0.717) is 10.6 Å². The average Bonchev–Trinajstić information content (AvgIpc) is 3.13. The average molecular weight is 421 g/mol. The van der Waals surface area contributed by atoms with Crippen molar-refractivity contribution in [3.05, 3.63) is 77.4 Å². The zero-order chi connectivity index (χ0) is 20.7. The molecule has 0 unspecified atom stereocenters. The molecule has 0 saturated carbocycles. The molecular weight excluding hydrogens is 396 g/mol. The molecule has 30 heavy (non-hydrogen) atoms. The van der Waals surface area contributed by atoms with Gasteiger partial charge in [-0.1, -0.05) is 29.8 Å². The van der Waals surface area contributed by atoms with Gasteiger partial charge in [0.15, 0.2) is 0 Å². The van der Waals surface area contributed by atoms with Crippen molar-refractivity contribution in [1.82, 2.24) is 0 Å². The van der Waals surface area contributed by atoms with Crippen LogP contribution in [-0.2, 0) is 21.2 Å². The Bertz CT molecular complexity index is 1200. The Morgan fingerprint density at radius 3 is 2.27 bits per heavy atom. The van der Waals surface area contributed by atoms with E-state index < -0.39 is 10.0 Å². The van der Waals surface area contributed by atoms with Gasteiger partial charge in [-0.15, -0.1) is 0 Å². The molecule has 1 N–H and O–H groups in total. The van der Waals surface area contributed by atoms with Crippen molar-refractivity contribution in [3.63, 3.8) is 0 Å². The highest BCUT2D eigenvalue weighted by atomic mass is 32.2. The molecule has 0 aromatic heterocycles. The highest BCUT2D eigenvalue weighted by Crippen LogP contribution is 2.39. The van der Waals surface area contributed by atoms with Crippen LogP contribution in [0.15, 0.2) is 65.6 Å². The predicted molar refractivity (Wildman–Crippen MR) is 120 cm³/mol. The van der Waals surface area contributed by atoms with E-state index in [-0.39, 0.29) is 0 Å². The lowest BCUT2D eigenvalue weighted by Gasteiger charge is -2.29. The topological polar surface area (TPSA) is 58.6 Å². The van der Waals surface area contributed by atoms with E-state index in [1.54, 1.807) is 24.3 Å². The molecule has 1 aliphatic heterocycles. The normalized spacial score (nSPS) is 15.6. The largest absolute Gasteiger partial charge is 0.378 e. The second-order valence-corrected chi connectivity index (χ2v) is 9.59. The van der Waals surface area contributed by atoms with E-state index in [4.69, 9.17) is 4.74 Å². The monoisotopic (exact) mass is 420 g/mol. The molecule has 0 amide bonds. The second kappa shape index (κ2) is 7.45. The van der Waals surface area contributed by atoms with Gasteiger partial charge in [-0.3, -0.25) is 4.72 Å². The van der Waals surface area contributed by atoms with Crippen LogP contribution < -0.4 is 9.62 Å². The summed E-state index contributed by atoms with van der Waals surface area (Å²) in [5.41, 5.74) is 7.47. The fourth-order valence-corrected chi connectivity index (χ4v) is 5.30. The van der Waals surface area contributed by atoms with E-state index in [1.807, 2.05) is 25.1 Å². The van der Waals surface area contributed by atoms with E-state index in [9.17, 15) is 8.42 Å². The summed E-state index contributed by atoms with van der Waals surface area (Å²) in [6.07, 6.45) is 0.747. The molecule has 3 aromatic rings. The number of rotatable bonds is 4. The molecule has 1 heterocycles. The number of morpholine rings is 1. The maximum atomic E-state index is 12.9. The van der Waals surface area contributed by atoms with Crippen LogP contribution >= 0.6 is 0 Å². The SMILES string of the molecule is Cc1ccc(NS(=O)(=O)c2ccc3c(c2)Cc2cc(N4CCOCC4)ccc2-3)cc1. The number of sulfonamides is 1. The van der Waals surface area contributed by atoms with Gasteiger partial charge in [0.05, 0.1) is 18.1 Å². The van der Waals surface area contributed by atoms with Crippen molar-refractivity contribution in [3.8, 4) is 11.1 Å². The summed E-state index contributed by atoms with van der Waals surface area (Å²) in [4.78, 5) is 2.64. The molecule has 1 aliphatic carbocycles. The zero-order valence-corrected chi connectivity index (χ0v) is 17.7. The first-order valence-corrected chi connectivity index (χ1v) is 11.7. The molecule has 5 nitrogen and oxygen atoms in total. The summed E-state index contributed by atoms with van der Waals surface area (Å²) in [5, 5.41) is 0. The van der Waals surface area contributed by atoms with Crippen LogP contribution in [-0.4, -0.2) is 34.7 Å². The van der Waals surface area contributed by atoms with Crippen molar-refractivity contribution in [1.29, 1.82) is 0 Å². The van der Waals surface area contributed by atoms with Crippen LogP contribution in [0.1, 0.15) is 16.7 Å². The summed E-state index contributed by atoms with van der Waals surface area (Å²) in [5.74, 6) is 0. The third kappa shape index (κ3) is 3.57. The molecule has 154 valence electrons. The summed E-state index contributed by atoms with van der Waals surface area (Å²) in [6.45, 7) is 5.29. The number of anilines is 2. The first-order valence-electron chi connectivity index (χ1n) is 10.2. The molecule has 3 aromatic carbocycles. The van der Waals surface area contributed by atoms with Gasteiger partial charge in [0.25, 0.3) is 10.0 Å². The number of nitrogens with zero attached hydrogens (tertiary/aromatic N) is 1. The molecule has 1 saturated heterocycles. The molecule has 6 heteroatoms. The first-order chi connectivity index (χ1) is 14.5. The minimum Gasteiger partial charge on any atom is -0.378 e. The van der Waals surface area contributed by atoms with Gasteiger partial charge >= 0.3 is 0 Å². The number of benzene rings is 3. The van der Waals surface area contributed by atoms with Crippen molar-refractivity contribution in [2.45, 2.75) is 18.2 Å². The zero-order valence-electron chi connectivity index (χ0n) is 16.9. The van der Waals surface area contributed by atoms with E-state index in [0.717, 1.165) is 49.4 Å². The maximum absolute atomic E-state index is 12.9. The summed E-state index contributed by atoms with van der Waals surface area (Å²) >= 11 is 0. The maximum Gasteiger partial charge on any atom is 0.261 e. The van der Waals surface area contributed by atoms with Gasteiger partial charge in [0.1, 0.15) is 0 Å². The van der Waals surface area contributed by atoms with Gasteiger partial charge in [-0.25, -0.2) is 8.42 Å². The lowest BCUT2D eigenvalue weighted by molar-refractivity contribution is 0.122. The molecule has 0 spiro atoms. The lowest BCUT2D eigenvalue weighted by Crippen LogP contribution is -2.36. The summed E-state index contributed by atoms with van der Waals surface area (Å²) in [6, 6.07) is 19.3. The Morgan fingerprint density at radius 2 is 1.53 bits per heavy atom. The van der Waals surface area contributed by atoms with Crippen LogP contribution in [0.3, 0.4) is 0 Å². The third-order valence-corrected chi connectivity index (χ3v) is 7.21. The summed E-state index contributed by atoms with van der Waals surface area (Å²) < 4.78 is 33.9. The first kappa shape index (κ1) is 19.2. The number of fused-ring (bicyclic) bond motifs is 3. The molecule has 5 rings (SSSR count). The molecule has 2 aliphatic rings. The van der Waals surface area contributed by atoms with Crippen molar-refractivity contribution in [2.75, 3.05) is 35.9 Å². The lowest BCUT2D eigenvalue weighted by atomic mass is 10.1. The molecule has 0 bridgehead atoms. The second-order valence-electron chi connectivity index (χ2n) is 7.91. The van der Waals surface area contributed by atoms with Gasteiger partial charge in [-0.2, -0.15) is 0 Å². The Hall–Kier alpha value is -2.83. The number of ether oxygens (including phenoxy) is 1. The molecule has 0 atom stereocenters. The smallest absolute Gasteiger partial charge is 0.261 e. The van der Waals surface area contributed by atoms with E-state index in [2.05, 4.69) is 27.8 Å². The number of hydrogen-bond donors (Lipinski definition) is 1. The van der Waals surface area contributed by atoms with Crippen LogP contribution in [0.4, 0.5) is 11.4 Å². The number of nitrogens with one attached hydrogen (secondary N) is 1. The van der Waals surface area contributed by atoms with Crippen LogP contribution in [0.25, 0.3) is 11.1 Å². The minimum atomic E-state index is -3.63. The molecule has 1 fully saturated rings. The fraction of sp³-hybridized carbons (Fsp3) is 0.250. The van der Waals surface area contributed by atoms with Gasteiger partial charge < -0.3 is 9.64 Å². The van der Waals surface area contributed by atoms with Crippen LogP contribution in [0, 0.1) is 6.92 Å². The van der Waals surface area contributed by atoms with E-state index >= 15 is 0 Å². The highest BCUT2D eigenvalue weighted by Gasteiger charge is 2.23. The third-order valence-electron chi connectivity index (χ3n) is 5.83. The van der Waals surface area contributed by atoms with Crippen molar-refractivity contribution >= 4 is 21.4 Å².